The van der Waals surface area contributed by atoms with Gasteiger partial charge in [0.2, 0.25) is 0 Å². The van der Waals surface area contributed by atoms with E-state index in [9.17, 15) is 4.79 Å². The van der Waals surface area contributed by atoms with E-state index < -0.39 is 0 Å². The predicted octanol–water partition coefficient (Wildman–Crippen LogP) is 2.95. The van der Waals surface area contributed by atoms with Gasteiger partial charge in [-0.15, -0.1) is 0 Å². The lowest BCUT2D eigenvalue weighted by atomic mass is 10.1. The molecule has 0 bridgehead atoms. The summed E-state index contributed by atoms with van der Waals surface area (Å²) in [5.74, 6) is 0.865. The zero-order valence-corrected chi connectivity index (χ0v) is 12.0. The smallest absolute Gasteiger partial charge is 0.318 e. The number of carbonyl (C=O) groups is 1. The maximum absolute atomic E-state index is 11.8. The fraction of sp³-hybridized carbons (Fsp3) is 0.533. The van der Waals surface area contributed by atoms with Crippen molar-refractivity contribution in [1.82, 2.24) is 10.2 Å². The number of amides is 2. The molecular formula is C15H22N2O2. The van der Waals surface area contributed by atoms with Gasteiger partial charge in [-0.2, -0.15) is 0 Å². The summed E-state index contributed by atoms with van der Waals surface area (Å²) in [6.45, 7) is 8.79. The molecule has 0 radical (unpaired) electrons. The van der Waals surface area contributed by atoms with Crippen LogP contribution in [0, 0.1) is 0 Å². The summed E-state index contributed by atoms with van der Waals surface area (Å²) in [5.41, 5.74) is 1.12. The number of rotatable bonds is 4. The van der Waals surface area contributed by atoms with Gasteiger partial charge in [0.25, 0.3) is 0 Å². The molecular weight excluding hydrogens is 240 g/mol. The standard InChI is InChI=1S/C15H22N2O2/c1-10(2)17-9-14(16-15(17)18)12-5-7-13(8-6-12)19-11(3)4/h5-8,10-11,14H,9H2,1-4H3,(H,16,18). The summed E-state index contributed by atoms with van der Waals surface area (Å²) in [6, 6.07) is 8.27. The average molecular weight is 262 g/mol. The Bertz CT molecular complexity index is 440. The molecule has 1 heterocycles. The van der Waals surface area contributed by atoms with Crippen molar-refractivity contribution in [3.8, 4) is 5.75 Å². The van der Waals surface area contributed by atoms with Crippen molar-refractivity contribution < 1.29 is 9.53 Å². The van der Waals surface area contributed by atoms with Gasteiger partial charge in [0.15, 0.2) is 0 Å². The Morgan fingerprint density at radius 1 is 1.21 bits per heavy atom. The highest BCUT2D eigenvalue weighted by atomic mass is 16.5. The van der Waals surface area contributed by atoms with Crippen molar-refractivity contribution in [1.29, 1.82) is 0 Å². The van der Waals surface area contributed by atoms with Crippen LogP contribution in [0.15, 0.2) is 24.3 Å². The third-order valence-electron chi connectivity index (χ3n) is 3.22. The largest absolute Gasteiger partial charge is 0.491 e. The maximum atomic E-state index is 11.8. The number of benzene rings is 1. The van der Waals surface area contributed by atoms with Crippen LogP contribution in [0.5, 0.6) is 5.75 Å². The second-order valence-electron chi connectivity index (χ2n) is 5.48. The number of nitrogens with zero attached hydrogens (tertiary/aromatic N) is 1. The highest BCUT2D eigenvalue weighted by Crippen LogP contribution is 2.24. The molecule has 2 amide bonds. The molecule has 0 saturated carbocycles. The van der Waals surface area contributed by atoms with E-state index in [4.69, 9.17) is 4.74 Å². The van der Waals surface area contributed by atoms with Crippen LogP contribution in [0.2, 0.25) is 0 Å². The van der Waals surface area contributed by atoms with Crippen molar-refractivity contribution in [2.24, 2.45) is 0 Å². The Labute approximate surface area is 114 Å². The van der Waals surface area contributed by atoms with Gasteiger partial charge in [0.05, 0.1) is 12.1 Å². The Morgan fingerprint density at radius 3 is 2.32 bits per heavy atom. The lowest BCUT2D eigenvalue weighted by Gasteiger charge is -2.19. The van der Waals surface area contributed by atoms with Gasteiger partial charge < -0.3 is 15.0 Å². The molecule has 1 fully saturated rings. The second-order valence-corrected chi connectivity index (χ2v) is 5.48. The van der Waals surface area contributed by atoms with Crippen LogP contribution in [0.3, 0.4) is 0 Å². The van der Waals surface area contributed by atoms with E-state index >= 15 is 0 Å². The number of hydrogen-bond donors (Lipinski definition) is 1. The van der Waals surface area contributed by atoms with Gasteiger partial charge in [-0.25, -0.2) is 4.79 Å². The molecule has 104 valence electrons. The van der Waals surface area contributed by atoms with Crippen LogP contribution in [-0.4, -0.2) is 29.6 Å². The van der Waals surface area contributed by atoms with E-state index in [2.05, 4.69) is 5.32 Å². The average Bonchev–Trinajstić information content (AvgIpc) is 2.71. The van der Waals surface area contributed by atoms with Gasteiger partial charge in [0.1, 0.15) is 5.75 Å². The Hall–Kier alpha value is -1.71. The number of ether oxygens (including phenoxy) is 1. The van der Waals surface area contributed by atoms with Crippen molar-refractivity contribution in [2.45, 2.75) is 45.9 Å². The molecule has 1 saturated heterocycles. The van der Waals surface area contributed by atoms with E-state index in [1.165, 1.54) is 0 Å². The minimum Gasteiger partial charge on any atom is -0.491 e. The molecule has 4 nitrogen and oxygen atoms in total. The third kappa shape index (κ3) is 3.19. The predicted molar refractivity (Wildman–Crippen MR) is 75.3 cm³/mol. The molecule has 1 aliphatic rings. The minimum atomic E-state index is 0.0162. The third-order valence-corrected chi connectivity index (χ3v) is 3.22. The quantitative estimate of drug-likeness (QED) is 0.906. The topological polar surface area (TPSA) is 41.6 Å². The number of nitrogens with one attached hydrogen (secondary N) is 1. The van der Waals surface area contributed by atoms with Gasteiger partial charge in [-0.05, 0) is 45.4 Å². The van der Waals surface area contributed by atoms with Crippen LogP contribution in [0.25, 0.3) is 0 Å². The Kier molecular flexibility index (Phi) is 3.98. The summed E-state index contributed by atoms with van der Waals surface area (Å²) >= 11 is 0. The highest BCUT2D eigenvalue weighted by Gasteiger charge is 2.31. The van der Waals surface area contributed by atoms with Crippen LogP contribution in [0.1, 0.15) is 39.3 Å². The van der Waals surface area contributed by atoms with Gasteiger partial charge in [-0.1, -0.05) is 12.1 Å². The summed E-state index contributed by atoms with van der Waals surface area (Å²) in [7, 11) is 0. The summed E-state index contributed by atoms with van der Waals surface area (Å²) in [6.07, 6.45) is 0.175. The number of carbonyl (C=O) groups excluding carboxylic acids is 1. The van der Waals surface area contributed by atoms with E-state index in [-0.39, 0.29) is 24.2 Å². The molecule has 1 aromatic rings. The molecule has 0 spiro atoms. The lowest BCUT2D eigenvalue weighted by Crippen LogP contribution is -2.33. The van der Waals surface area contributed by atoms with Crippen molar-refractivity contribution in [3.63, 3.8) is 0 Å². The first-order valence-corrected chi connectivity index (χ1v) is 6.81. The Morgan fingerprint density at radius 2 is 1.84 bits per heavy atom. The molecule has 0 aliphatic carbocycles. The molecule has 0 aromatic heterocycles. The van der Waals surface area contributed by atoms with Crippen LogP contribution in [-0.2, 0) is 0 Å². The summed E-state index contributed by atoms with van der Waals surface area (Å²) in [4.78, 5) is 13.7. The first-order valence-electron chi connectivity index (χ1n) is 6.81. The number of urea groups is 1. The minimum absolute atomic E-state index is 0.0162. The molecule has 4 heteroatoms. The normalized spacial score (nSPS) is 19.2. The van der Waals surface area contributed by atoms with Gasteiger partial charge >= 0.3 is 6.03 Å². The molecule has 1 unspecified atom stereocenters. The van der Waals surface area contributed by atoms with Crippen LogP contribution < -0.4 is 10.1 Å². The second kappa shape index (κ2) is 5.51. The first-order chi connectivity index (χ1) is 8.97. The van der Waals surface area contributed by atoms with Crippen molar-refractivity contribution >= 4 is 6.03 Å². The van der Waals surface area contributed by atoms with Crippen LogP contribution in [0.4, 0.5) is 4.79 Å². The van der Waals surface area contributed by atoms with Crippen molar-refractivity contribution in [3.05, 3.63) is 29.8 Å². The molecule has 19 heavy (non-hydrogen) atoms. The monoisotopic (exact) mass is 262 g/mol. The molecule has 1 aromatic carbocycles. The molecule has 1 atom stereocenters. The fourth-order valence-electron chi connectivity index (χ4n) is 2.24. The number of hydrogen-bond acceptors (Lipinski definition) is 2. The van der Waals surface area contributed by atoms with E-state index in [0.717, 1.165) is 17.9 Å². The maximum Gasteiger partial charge on any atom is 0.318 e. The highest BCUT2D eigenvalue weighted by molar-refractivity contribution is 5.77. The van der Waals surface area contributed by atoms with E-state index in [1.807, 2.05) is 56.9 Å². The lowest BCUT2D eigenvalue weighted by molar-refractivity contribution is 0.206. The van der Waals surface area contributed by atoms with E-state index in [0.29, 0.717) is 0 Å². The molecule has 2 rings (SSSR count). The van der Waals surface area contributed by atoms with Gasteiger partial charge in [0, 0.05) is 12.6 Å². The van der Waals surface area contributed by atoms with Gasteiger partial charge in [-0.3, -0.25) is 0 Å². The summed E-state index contributed by atoms with van der Waals surface area (Å²) < 4.78 is 5.61. The molecule has 1 N–H and O–H groups in total. The molecule has 1 aliphatic heterocycles. The van der Waals surface area contributed by atoms with E-state index in [1.54, 1.807) is 0 Å². The Balaban J connectivity index is 2.05. The van der Waals surface area contributed by atoms with Crippen molar-refractivity contribution in [2.75, 3.05) is 6.54 Å². The SMILES string of the molecule is CC(C)Oc1ccc(C2CN(C(C)C)C(=O)N2)cc1. The fourth-order valence-corrected chi connectivity index (χ4v) is 2.24. The van der Waals surface area contributed by atoms with Crippen LogP contribution >= 0.6 is 0 Å². The summed E-state index contributed by atoms with van der Waals surface area (Å²) in [5, 5.41) is 3.01. The zero-order chi connectivity index (χ0) is 14.0. The zero-order valence-electron chi connectivity index (χ0n) is 12.0. The first kappa shape index (κ1) is 13.7.